The maximum absolute atomic E-state index is 13.2. The minimum atomic E-state index is -0.150. The van der Waals surface area contributed by atoms with Crippen LogP contribution in [0.3, 0.4) is 0 Å². The number of aromatic amines is 1. The number of aromatic nitrogens is 3. The highest BCUT2D eigenvalue weighted by Crippen LogP contribution is 2.35. The monoisotopic (exact) mass is 573 g/mol. The number of urea groups is 1. The number of fused-ring (bicyclic) bond motifs is 2. The highest BCUT2D eigenvalue weighted by Gasteiger charge is 2.24. The van der Waals surface area contributed by atoms with Crippen LogP contribution in [0.2, 0.25) is 0 Å². The smallest absolute Gasteiger partial charge is 0.322 e. The Kier molecular flexibility index (Phi) is 6.75. The van der Waals surface area contributed by atoms with Crippen molar-refractivity contribution in [3.63, 3.8) is 0 Å². The summed E-state index contributed by atoms with van der Waals surface area (Å²) >= 11 is 0. The van der Waals surface area contributed by atoms with E-state index < -0.39 is 0 Å². The summed E-state index contributed by atoms with van der Waals surface area (Å²) in [5.41, 5.74) is 14.6. The fraction of sp³-hybridized carbons (Fsp3) is 0.212. The van der Waals surface area contributed by atoms with Crippen LogP contribution < -0.4 is 11.1 Å². The second kappa shape index (κ2) is 10.9. The largest absolute Gasteiger partial charge is 0.378 e. The van der Waals surface area contributed by atoms with Gasteiger partial charge in [-0.1, -0.05) is 48.5 Å². The number of hydrogen-bond acceptors (Lipinski definition) is 6. The van der Waals surface area contributed by atoms with Gasteiger partial charge in [-0.3, -0.25) is 4.79 Å². The van der Waals surface area contributed by atoms with Crippen molar-refractivity contribution in [2.75, 3.05) is 37.4 Å². The maximum Gasteiger partial charge on any atom is 0.322 e. The van der Waals surface area contributed by atoms with E-state index in [9.17, 15) is 9.59 Å². The van der Waals surface area contributed by atoms with E-state index in [2.05, 4.69) is 32.4 Å². The number of carbonyl (C=O) groups excluding carboxylic acids is 2. The third-order valence-electron chi connectivity index (χ3n) is 8.20. The summed E-state index contributed by atoms with van der Waals surface area (Å²) in [4.78, 5) is 42.1. The Bertz CT molecular complexity index is 1830. The number of carbonyl (C=O) groups is 2. The Morgan fingerprint density at radius 1 is 0.907 bits per heavy atom. The molecule has 2 aliphatic rings. The molecular formula is C33H31N7O3. The molecule has 10 heteroatoms. The van der Waals surface area contributed by atoms with Crippen molar-refractivity contribution >= 4 is 34.6 Å². The van der Waals surface area contributed by atoms with Gasteiger partial charge < -0.3 is 30.6 Å². The molecule has 2 aromatic heterocycles. The predicted molar refractivity (Wildman–Crippen MR) is 165 cm³/mol. The first-order valence-electron chi connectivity index (χ1n) is 14.3. The third-order valence-corrected chi connectivity index (χ3v) is 8.20. The van der Waals surface area contributed by atoms with E-state index in [-0.39, 0.29) is 17.9 Å². The highest BCUT2D eigenvalue weighted by atomic mass is 16.5. The molecule has 1 saturated heterocycles. The second-order valence-corrected chi connectivity index (χ2v) is 10.9. The van der Waals surface area contributed by atoms with Gasteiger partial charge in [-0.25, -0.2) is 9.78 Å². The van der Waals surface area contributed by atoms with Crippen LogP contribution in [0.25, 0.3) is 33.5 Å². The Hall–Kier alpha value is -5.22. The van der Waals surface area contributed by atoms with E-state index in [0.717, 1.165) is 27.8 Å². The summed E-state index contributed by atoms with van der Waals surface area (Å²) in [6, 6.07) is 23.3. The lowest BCUT2D eigenvalue weighted by Gasteiger charge is -2.26. The van der Waals surface area contributed by atoms with Gasteiger partial charge in [0.15, 0.2) is 0 Å². The lowest BCUT2D eigenvalue weighted by molar-refractivity contribution is 0.0303. The number of ether oxygens (including phenoxy) is 1. The van der Waals surface area contributed by atoms with Crippen LogP contribution in [0.5, 0.6) is 0 Å². The summed E-state index contributed by atoms with van der Waals surface area (Å²) in [5.74, 6) is 0.148. The summed E-state index contributed by atoms with van der Waals surface area (Å²) in [5, 5.41) is 3.90. The van der Waals surface area contributed by atoms with Crippen molar-refractivity contribution < 1.29 is 14.3 Å². The summed E-state index contributed by atoms with van der Waals surface area (Å²) in [7, 11) is 0. The van der Waals surface area contributed by atoms with E-state index in [0.29, 0.717) is 62.0 Å². The van der Waals surface area contributed by atoms with Crippen molar-refractivity contribution in [3.05, 3.63) is 95.1 Å². The molecule has 216 valence electrons. The number of H-pyrrole nitrogens is 1. The zero-order chi connectivity index (χ0) is 29.5. The number of nitrogens with two attached hydrogens (primary N) is 1. The molecule has 10 nitrogen and oxygen atoms in total. The molecule has 4 heterocycles. The van der Waals surface area contributed by atoms with E-state index in [1.807, 2.05) is 72.5 Å². The summed E-state index contributed by atoms with van der Waals surface area (Å²) in [6.45, 7) is 5.45. The lowest BCUT2D eigenvalue weighted by Crippen LogP contribution is -2.40. The molecule has 43 heavy (non-hydrogen) atoms. The number of anilines is 2. The van der Waals surface area contributed by atoms with Crippen molar-refractivity contribution in [2.45, 2.75) is 20.0 Å². The first-order valence-corrected chi connectivity index (χ1v) is 14.3. The topological polar surface area (TPSA) is 129 Å². The Morgan fingerprint density at radius 2 is 1.63 bits per heavy atom. The van der Waals surface area contributed by atoms with E-state index in [1.165, 1.54) is 11.1 Å². The average Bonchev–Trinajstić information content (AvgIpc) is 3.67. The van der Waals surface area contributed by atoms with Gasteiger partial charge in [0.05, 0.1) is 18.9 Å². The van der Waals surface area contributed by atoms with Crippen LogP contribution >= 0.6 is 0 Å². The lowest BCUT2D eigenvalue weighted by atomic mass is 10.0. The van der Waals surface area contributed by atoms with Crippen molar-refractivity contribution in [1.29, 1.82) is 0 Å². The average molecular weight is 574 g/mol. The van der Waals surface area contributed by atoms with E-state index >= 15 is 0 Å². The van der Waals surface area contributed by atoms with E-state index in [1.54, 1.807) is 4.90 Å². The summed E-state index contributed by atoms with van der Waals surface area (Å²) in [6.07, 6.45) is 0. The van der Waals surface area contributed by atoms with Crippen molar-refractivity contribution in [2.24, 2.45) is 0 Å². The third kappa shape index (κ3) is 5.06. The van der Waals surface area contributed by atoms with Crippen LogP contribution in [0.4, 0.5) is 16.4 Å². The minimum Gasteiger partial charge on any atom is -0.378 e. The number of nitrogens with zero attached hydrogens (tertiary/aromatic N) is 4. The molecular weight excluding hydrogens is 542 g/mol. The number of nitrogens with one attached hydrogen (secondary N) is 2. The SMILES string of the molecule is Cc1c(NC(=O)N2Cc3ccccc3C2)cccc1-c1nc(N)nc2[nH]c(-c3ccc(C(=O)N4CCOCC4)cc3)cc12. The number of nitrogen functional groups attached to an aromatic ring is 1. The van der Waals surface area contributed by atoms with Gasteiger partial charge in [0.25, 0.3) is 5.91 Å². The Balaban J connectivity index is 1.16. The molecule has 0 unspecified atom stereocenters. The van der Waals surface area contributed by atoms with Crippen molar-refractivity contribution in [1.82, 2.24) is 24.8 Å². The van der Waals surface area contributed by atoms with Gasteiger partial charge in [-0.05, 0) is 53.4 Å². The second-order valence-electron chi connectivity index (χ2n) is 10.9. The maximum atomic E-state index is 13.2. The molecule has 5 aromatic rings. The molecule has 0 bridgehead atoms. The first kappa shape index (κ1) is 26.7. The van der Waals surface area contributed by atoms with Gasteiger partial charge in [0.2, 0.25) is 5.95 Å². The molecule has 4 N–H and O–H groups in total. The van der Waals surface area contributed by atoms with Crippen LogP contribution in [0, 0.1) is 6.92 Å². The van der Waals surface area contributed by atoms with Gasteiger partial charge in [0, 0.05) is 54.1 Å². The van der Waals surface area contributed by atoms with Crippen LogP contribution in [-0.4, -0.2) is 63.0 Å². The number of rotatable bonds is 4. The quantitative estimate of drug-likeness (QED) is 0.271. The van der Waals surface area contributed by atoms with Crippen LogP contribution in [0.15, 0.2) is 72.8 Å². The molecule has 0 saturated carbocycles. The fourth-order valence-corrected chi connectivity index (χ4v) is 5.83. The number of morpholine rings is 1. The molecule has 0 radical (unpaired) electrons. The van der Waals surface area contributed by atoms with Crippen LogP contribution in [-0.2, 0) is 17.8 Å². The zero-order valence-corrected chi connectivity index (χ0v) is 23.8. The zero-order valence-electron chi connectivity index (χ0n) is 23.8. The standard InChI is InChI=1S/C33H31N7O3/c1-20-25(7-4-8-27(20)36-33(42)40-18-23-5-2-3-6-24(23)19-40)29-26-17-28(35-30(26)38-32(34)37-29)21-9-11-22(12-10-21)31(41)39-13-15-43-16-14-39/h2-12,17H,13-16,18-19H2,1H3,(H,36,42)(H3,34,35,37,38). The Labute approximate surface area is 248 Å². The predicted octanol–water partition coefficient (Wildman–Crippen LogP) is 5.20. The van der Waals surface area contributed by atoms with E-state index in [4.69, 9.17) is 10.5 Å². The molecule has 0 aliphatic carbocycles. The van der Waals surface area contributed by atoms with Gasteiger partial charge in [-0.2, -0.15) is 4.98 Å². The molecule has 3 aromatic carbocycles. The van der Waals surface area contributed by atoms with Gasteiger partial charge >= 0.3 is 6.03 Å². The molecule has 0 spiro atoms. The number of amides is 3. The highest BCUT2D eigenvalue weighted by molar-refractivity contribution is 5.99. The van der Waals surface area contributed by atoms with Gasteiger partial charge in [0.1, 0.15) is 5.65 Å². The molecule has 3 amide bonds. The molecule has 2 aliphatic heterocycles. The Morgan fingerprint density at radius 3 is 2.35 bits per heavy atom. The number of hydrogen-bond donors (Lipinski definition) is 3. The molecule has 1 fully saturated rings. The van der Waals surface area contributed by atoms with Crippen molar-refractivity contribution in [3.8, 4) is 22.5 Å². The normalized spacial score (nSPS) is 14.6. The minimum absolute atomic E-state index is 0.00383. The number of benzene rings is 3. The molecule has 0 atom stereocenters. The molecule has 7 rings (SSSR count). The van der Waals surface area contributed by atoms with Gasteiger partial charge in [-0.15, -0.1) is 0 Å². The first-order chi connectivity index (χ1) is 20.9. The fourth-order valence-electron chi connectivity index (χ4n) is 5.83. The van der Waals surface area contributed by atoms with Crippen LogP contribution in [0.1, 0.15) is 27.0 Å². The summed E-state index contributed by atoms with van der Waals surface area (Å²) < 4.78 is 5.37.